The van der Waals surface area contributed by atoms with Crippen LogP contribution in [-0.2, 0) is 25.2 Å². The number of hydrogen-bond donors (Lipinski definition) is 1. The lowest BCUT2D eigenvalue weighted by Gasteiger charge is -2.39. The highest BCUT2D eigenvalue weighted by atomic mass is 19.4. The highest BCUT2D eigenvalue weighted by Crippen LogP contribution is 2.32. The first kappa shape index (κ1) is 32.2. The Labute approximate surface area is 264 Å². The van der Waals surface area contributed by atoms with Crippen molar-refractivity contribution in [2.75, 3.05) is 50.1 Å². The van der Waals surface area contributed by atoms with E-state index in [-0.39, 0.29) is 5.91 Å². The Hall–Kier alpha value is -5.16. The van der Waals surface area contributed by atoms with E-state index in [2.05, 4.69) is 15.0 Å². The number of anilines is 2. The normalized spacial score (nSPS) is 14.3. The highest BCUT2D eigenvalue weighted by molar-refractivity contribution is 6.08. The molecular formula is C35H32F3N3O5. The Bertz CT molecular complexity index is 1650. The van der Waals surface area contributed by atoms with Crippen molar-refractivity contribution in [2.45, 2.75) is 12.2 Å². The minimum Gasteiger partial charge on any atom is -0.466 e. The molecule has 8 nitrogen and oxygen atoms in total. The summed E-state index contributed by atoms with van der Waals surface area (Å²) in [6.45, 7) is 1.92. The van der Waals surface area contributed by atoms with Crippen LogP contribution in [0.15, 0.2) is 103 Å². The first-order chi connectivity index (χ1) is 22.1. The SMILES string of the molecule is COC(=O)COC(=O)[C@@H](c1ccccc1)N1CCN(c2ccc(NC(=O)c3ccccc3-c3ccc(C(F)(F)F)cc3)cc2)CC1. The predicted molar refractivity (Wildman–Crippen MR) is 167 cm³/mol. The van der Waals surface area contributed by atoms with E-state index in [4.69, 9.17) is 4.74 Å². The summed E-state index contributed by atoms with van der Waals surface area (Å²) in [5.74, 6) is -1.54. The number of carbonyl (C=O) groups is 3. The molecule has 4 aromatic carbocycles. The number of nitrogens with one attached hydrogen (secondary N) is 1. The molecule has 0 aliphatic carbocycles. The van der Waals surface area contributed by atoms with Crippen LogP contribution in [0.25, 0.3) is 11.1 Å². The predicted octanol–water partition coefficient (Wildman–Crippen LogP) is 6.20. The van der Waals surface area contributed by atoms with Gasteiger partial charge in [0.1, 0.15) is 6.04 Å². The van der Waals surface area contributed by atoms with Crippen LogP contribution < -0.4 is 10.2 Å². The maximum Gasteiger partial charge on any atom is 0.416 e. The van der Waals surface area contributed by atoms with Gasteiger partial charge in [0.25, 0.3) is 5.91 Å². The molecule has 238 valence electrons. The summed E-state index contributed by atoms with van der Waals surface area (Å²) < 4.78 is 48.9. The van der Waals surface area contributed by atoms with Crippen molar-refractivity contribution in [2.24, 2.45) is 0 Å². The Kier molecular flexibility index (Phi) is 10.0. The summed E-state index contributed by atoms with van der Waals surface area (Å²) in [5.41, 5.74) is 2.87. The molecule has 0 bridgehead atoms. The third-order valence-electron chi connectivity index (χ3n) is 7.76. The van der Waals surface area contributed by atoms with Crippen LogP contribution in [0, 0.1) is 0 Å². The fraction of sp³-hybridized carbons (Fsp3) is 0.229. The number of esters is 2. The molecule has 1 saturated heterocycles. The van der Waals surface area contributed by atoms with Crippen LogP contribution in [0.4, 0.5) is 24.5 Å². The van der Waals surface area contributed by atoms with Crippen molar-refractivity contribution in [1.82, 2.24) is 4.90 Å². The minimum atomic E-state index is -4.44. The van der Waals surface area contributed by atoms with Gasteiger partial charge in [0, 0.05) is 43.1 Å². The van der Waals surface area contributed by atoms with E-state index < -0.39 is 36.3 Å². The number of rotatable bonds is 9. The number of amides is 1. The Morgan fingerprint density at radius 2 is 1.43 bits per heavy atom. The van der Waals surface area contributed by atoms with E-state index in [0.717, 1.165) is 23.4 Å². The minimum absolute atomic E-state index is 0.334. The van der Waals surface area contributed by atoms with E-state index in [9.17, 15) is 27.6 Å². The maximum atomic E-state index is 13.2. The van der Waals surface area contributed by atoms with Crippen LogP contribution in [0.5, 0.6) is 0 Å². The lowest BCUT2D eigenvalue weighted by Crippen LogP contribution is -2.49. The van der Waals surface area contributed by atoms with Crippen molar-refractivity contribution in [3.05, 3.63) is 120 Å². The number of ether oxygens (including phenoxy) is 2. The molecule has 46 heavy (non-hydrogen) atoms. The zero-order chi connectivity index (χ0) is 32.7. The summed E-state index contributed by atoms with van der Waals surface area (Å²) in [5, 5.41) is 2.88. The molecule has 1 amide bonds. The number of methoxy groups -OCH3 is 1. The smallest absolute Gasteiger partial charge is 0.416 e. The number of halogens is 3. The third-order valence-corrected chi connectivity index (χ3v) is 7.76. The van der Waals surface area contributed by atoms with Gasteiger partial charge in [-0.25, -0.2) is 9.59 Å². The molecule has 1 aliphatic rings. The summed E-state index contributed by atoms with van der Waals surface area (Å²) >= 11 is 0. The molecule has 0 spiro atoms. The van der Waals surface area contributed by atoms with Crippen LogP contribution >= 0.6 is 0 Å². The average Bonchev–Trinajstić information content (AvgIpc) is 3.08. The number of alkyl halides is 3. The van der Waals surface area contributed by atoms with Gasteiger partial charge in [-0.2, -0.15) is 13.2 Å². The van der Waals surface area contributed by atoms with E-state index in [1.807, 2.05) is 47.4 Å². The van der Waals surface area contributed by atoms with Crippen LogP contribution in [0.1, 0.15) is 27.5 Å². The summed E-state index contributed by atoms with van der Waals surface area (Å²) in [7, 11) is 1.23. The van der Waals surface area contributed by atoms with E-state index in [1.54, 1.807) is 36.4 Å². The van der Waals surface area contributed by atoms with Gasteiger partial charge < -0.3 is 19.7 Å². The second kappa shape index (κ2) is 14.3. The van der Waals surface area contributed by atoms with Gasteiger partial charge in [-0.05, 0) is 59.2 Å². The molecule has 0 aromatic heterocycles. The summed E-state index contributed by atoms with van der Waals surface area (Å²) in [4.78, 5) is 42.0. The molecule has 1 fully saturated rings. The second-order valence-electron chi connectivity index (χ2n) is 10.6. The van der Waals surface area contributed by atoms with Crippen molar-refractivity contribution < 1.29 is 37.0 Å². The first-order valence-electron chi connectivity index (χ1n) is 14.6. The number of carbonyl (C=O) groups excluding carboxylic acids is 3. The quantitative estimate of drug-likeness (QED) is 0.220. The Morgan fingerprint density at radius 1 is 0.804 bits per heavy atom. The zero-order valence-corrected chi connectivity index (χ0v) is 25.0. The van der Waals surface area contributed by atoms with E-state index >= 15 is 0 Å². The summed E-state index contributed by atoms with van der Waals surface area (Å²) in [6.07, 6.45) is -4.44. The standard InChI is InChI=1S/C35H32F3N3O5/c1-45-31(42)23-46-34(44)32(25-7-3-2-4-8-25)41-21-19-40(20-22-41)28-17-15-27(16-18-28)39-33(43)30-10-6-5-9-29(30)24-11-13-26(14-12-24)35(36,37)38/h2-18,32H,19-23H2,1H3,(H,39,43)/t32-/m1/s1. The fourth-order valence-corrected chi connectivity index (χ4v) is 5.36. The Morgan fingerprint density at radius 3 is 2.07 bits per heavy atom. The molecule has 1 atom stereocenters. The van der Waals surface area contributed by atoms with Gasteiger partial charge in [0.2, 0.25) is 0 Å². The first-order valence-corrected chi connectivity index (χ1v) is 14.6. The van der Waals surface area contributed by atoms with Crippen LogP contribution in [0.2, 0.25) is 0 Å². The van der Waals surface area contributed by atoms with Crippen LogP contribution in [-0.4, -0.2) is 62.6 Å². The molecule has 11 heteroatoms. The largest absolute Gasteiger partial charge is 0.466 e. The van der Waals surface area contributed by atoms with Gasteiger partial charge >= 0.3 is 18.1 Å². The number of piperazine rings is 1. The van der Waals surface area contributed by atoms with Gasteiger partial charge in [-0.3, -0.25) is 9.69 Å². The van der Waals surface area contributed by atoms with E-state index in [1.165, 1.54) is 19.2 Å². The van der Waals surface area contributed by atoms with Crippen molar-refractivity contribution in [3.8, 4) is 11.1 Å². The molecule has 1 heterocycles. The molecular weight excluding hydrogens is 599 g/mol. The zero-order valence-electron chi connectivity index (χ0n) is 25.0. The maximum absolute atomic E-state index is 13.2. The van der Waals surface area contributed by atoms with Gasteiger partial charge in [0.15, 0.2) is 6.61 Å². The van der Waals surface area contributed by atoms with Crippen molar-refractivity contribution in [1.29, 1.82) is 0 Å². The third kappa shape index (κ3) is 7.73. The number of nitrogens with zero attached hydrogens (tertiary/aromatic N) is 2. The van der Waals surface area contributed by atoms with Crippen molar-refractivity contribution >= 4 is 29.2 Å². The molecule has 0 saturated carbocycles. The van der Waals surface area contributed by atoms with Crippen LogP contribution in [0.3, 0.4) is 0 Å². The van der Waals surface area contributed by atoms with Gasteiger partial charge in [-0.15, -0.1) is 0 Å². The lowest BCUT2D eigenvalue weighted by atomic mass is 9.98. The second-order valence-corrected chi connectivity index (χ2v) is 10.6. The topological polar surface area (TPSA) is 88.2 Å². The average molecular weight is 632 g/mol. The fourth-order valence-electron chi connectivity index (χ4n) is 5.36. The molecule has 4 aromatic rings. The Balaban J connectivity index is 1.22. The van der Waals surface area contributed by atoms with Gasteiger partial charge in [0.05, 0.1) is 12.7 Å². The molecule has 1 aliphatic heterocycles. The molecule has 5 rings (SSSR count). The molecule has 0 radical (unpaired) electrons. The van der Waals surface area contributed by atoms with Gasteiger partial charge in [-0.1, -0.05) is 60.7 Å². The molecule has 0 unspecified atom stereocenters. The van der Waals surface area contributed by atoms with Crippen molar-refractivity contribution in [3.63, 3.8) is 0 Å². The lowest BCUT2D eigenvalue weighted by molar-refractivity contribution is -0.161. The summed E-state index contributed by atoms with van der Waals surface area (Å²) in [6, 6.07) is 27.4. The molecule has 1 N–H and O–H groups in total. The highest BCUT2D eigenvalue weighted by Gasteiger charge is 2.32. The number of hydrogen-bond acceptors (Lipinski definition) is 7. The monoisotopic (exact) mass is 631 g/mol. The van der Waals surface area contributed by atoms with E-state index in [0.29, 0.717) is 48.6 Å². The number of benzene rings is 4.